The van der Waals surface area contributed by atoms with Crippen LogP contribution in [0.5, 0.6) is 0 Å². The van der Waals surface area contributed by atoms with Crippen molar-refractivity contribution in [3.63, 3.8) is 0 Å². The molecule has 124 valence electrons. The SMILES string of the molecule is Cc1cccn2cc(CCN=C(N)NCCc3ccccc3)nc12. The average Bonchev–Trinajstić information content (AvgIpc) is 3.00. The van der Waals surface area contributed by atoms with Crippen molar-refractivity contribution < 1.29 is 0 Å². The van der Waals surface area contributed by atoms with Gasteiger partial charge in [0.1, 0.15) is 5.65 Å². The molecule has 0 aliphatic rings. The van der Waals surface area contributed by atoms with E-state index in [2.05, 4.69) is 51.0 Å². The normalized spacial score (nSPS) is 11.8. The number of nitrogens with zero attached hydrogens (tertiary/aromatic N) is 3. The number of hydrogen-bond acceptors (Lipinski definition) is 2. The van der Waals surface area contributed by atoms with Crippen molar-refractivity contribution in [1.82, 2.24) is 14.7 Å². The third-order valence-corrected chi connectivity index (χ3v) is 3.94. The maximum absolute atomic E-state index is 5.91. The highest BCUT2D eigenvalue weighted by molar-refractivity contribution is 5.77. The summed E-state index contributed by atoms with van der Waals surface area (Å²) in [5.74, 6) is 0.492. The summed E-state index contributed by atoms with van der Waals surface area (Å²) < 4.78 is 2.05. The number of guanidine groups is 1. The van der Waals surface area contributed by atoms with Crippen molar-refractivity contribution in [2.75, 3.05) is 13.1 Å². The van der Waals surface area contributed by atoms with E-state index in [1.54, 1.807) is 0 Å². The Balaban J connectivity index is 1.47. The molecule has 0 unspecified atom stereocenters. The van der Waals surface area contributed by atoms with Gasteiger partial charge in [-0.1, -0.05) is 36.4 Å². The summed E-state index contributed by atoms with van der Waals surface area (Å²) in [6, 6.07) is 14.4. The zero-order valence-electron chi connectivity index (χ0n) is 13.9. The minimum Gasteiger partial charge on any atom is -0.370 e. The Morgan fingerprint density at radius 1 is 1.17 bits per heavy atom. The molecule has 0 bridgehead atoms. The predicted molar refractivity (Wildman–Crippen MR) is 98.3 cm³/mol. The van der Waals surface area contributed by atoms with Crippen molar-refractivity contribution in [3.8, 4) is 0 Å². The fraction of sp³-hybridized carbons (Fsp3) is 0.263. The van der Waals surface area contributed by atoms with Crippen LogP contribution >= 0.6 is 0 Å². The predicted octanol–water partition coefficient (Wildman–Crippen LogP) is 2.33. The Labute approximate surface area is 142 Å². The van der Waals surface area contributed by atoms with E-state index in [4.69, 9.17) is 5.73 Å². The highest BCUT2D eigenvalue weighted by Crippen LogP contribution is 2.10. The van der Waals surface area contributed by atoms with Crippen LogP contribution in [0, 0.1) is 6.92 Å². The molecule has 0 saturated heterocycles. The van der Waals surface area contributed by atoms with E-state index in [0.717, 1.165) is 30.7 Å². The van der Waals surface area contributed by atoms with Crippen LogP contribution in [0.1, 0.15) is 16.8 Å². The number of benzene rings is 1. The molecular formula is C19H23N5. The van der Waals surface area contributed by atoms with Gasteiger partial charge in [0.05, 0.1) is 5.69 Å². The molecule has 0 fully saturated rings. The third-order valence-electron chi connectivity index (χ3n) is 3.94. The summed E-state index contributed by atoms with van der Waals surface area (Å²) in [5, 5.41) is 3.16. The molecule has 5 nitrogen and oxygen atoms in total. The molecule has 0 spiro atoms. The van der Waals surface area contributed by atoms with Crippen LogP contribution in [0.2, 0.25) is 0 Å². The number of pyridine rings is 1. The van der Waals surface area contributed by atoms with Gasteiger partial charge in [-0.05, 0) is 30.5 Å². The summed E-state index contributed by atoms with van der Waals surface area (Å²) in [5.41, 5.74) is 10.4. The maximum atomic E-state index is 5.91. The summed E-state index contributed by atoms with van der Waals surface area (Å²) in [4.78, 5) is 9.02. The molecule has 0 aliphatic carbocycles. The van der Waals surface area contributed by atoms with Gasteiger partial charge >= 0.3 is 0 Å². The molecule has 0 aliphatic heterocycles. The second kappa shape index (κ2) is 7.64. The lowest BCUT2D eigenvalue weighted by Crippen LogP contribution is -2.33. The van der Waals surface area contributed by atoms with E-state index >= 15 is 0 Å². The number of aryl methyl sites for hydroxylation is 1. The number of nitrogens with two attached hydrogens (primary N) is 1. The molecule has 0 amide bonds. The van der Waals surface area contributed by atoms with Crippen molar-refractivity contribution in [2.45, 2.75) is 19.8 Å². The number of hydrogen-bond donors (Lipinski definition) is 2. The highest BCUT2D eigenvalue weighted by Gasteiger charge is 2.03. The lowest BCUT2D eigenvalue weighted by Gasteiger charge is -2.05. The van der Waals surface area contributed by atoms with Crippen molar-refractivity contribution in [2.24, 2.45) is 10.7 Å². The quantitative estimate of drug-likeness (QED) is 0.541. The van der Waals surface area contributed by atoms with Crippen molar-refractivity contribution >= 4 is 11.6 Å². The van der Waals surface area contributed by atoms with E-state index < -0.39 is 0 Å². The van der Waals surface area contributed by atoms with E-state index in [1.165, 1.54) is 11.1 Å². The summed E-state index contributed by atoms with van der Waals surface area (Å²) >= 11 is 0. The number of aromatic nitrogens is 2. The summed E-state index contributed by atoms with van der Waals surface area (Å²) in [7, 11) is 0. The van der Waals surface area contributed by atoms with Crippen LogP contribution in [0.3, 0.4) is 0 Å². The van der Waals surface area contributed by atoms with Crippen LogP contribution in [-0.4, -0.2) is 28.4 Å². The molecule has 1 aromatic carbocycles. The molecule has 24 heavy (non-hydrogen) atoms. The second-order valence-corrected chi connectivity index (χ2v) is 5.83. The van der Waals surface area contributed by atoms with Gasteiger partial charge in [-0.2, -0.15) is 0 Å². The zero-order valence-corrected chi connectivity index (χ0v) is 13.9. The molecule has 0 radical (unpaired) electrons. The van der Waals surface area contributed by atoms with E-state index in [9.17, 15) is 0 Å². The molecule has 0 saturated carbocycles. The van der Waals surface area contributed by atoms with Gasteiger partial charge in [-0.15, -0.1) is 0 Å². The lowest BCUT2D eigenvalue weighted by atomic mass is 10.1. The first-order valence-corrected chi connectivity index (χ1v) is 8.23. The van der Waals surface area contributed by atoms with Crippen LogP contribution in [0.15, 0.2) is 59.9 Å². The van der Waals surface area contributed by atoms with E-state index in [1.807, 2.05) is 30.5 Å². The fourth-order valence-electron chi connectivity index (χ4n) is 2.65. The molecule has 5 heteroatoms. The lowest BCUT2D eigenvalue weighted by molar-refractivity contribution is 0.841. The first-order valence-electron chi connectivity index (χ1n) is 8.23. The fourth-order valence-corrected chi connectivity index (χ4v) is 2.65. The van der Waals surface area contributed by atoms with Crippen LogP contribution < -0.4 is 11.1 Å². The number of rotatable bonds is 6. The molecule has 2 aromatic heterocycles. The van der Waals surface area contributed by atoms with Gasteiger partial charge in [-0.3, -0.25) is 4.99 Å². The minimum atomic E-state index is 0.492. The smallest absolute Gasteiger partial charge is 0.188 e. The van der Waals surface area contributed by atoms with Gasteiger partial charge < -0.3 is 15.5 Å². The Hall–Kier alpha value is -2.82. The topological polar surface area (TPSA) is 67.7 Å². The van der Waals surface area contributed by atoms with Crippen LogP contribution in [0.25, 0.3) is 5.65 Å². The molecule has 3 rings (SSSR count). The average molecular weight is 321 g/mol. The number of fused-ring (bicyclic) bond motifs is 1. The van der Waals surface area contributed by atoms with E-state index in [0.29, 0.717) is 12.5 Å². The van der Waals surface area contributed by atoms with Crippen LogP contribution in [-0.2, 0) is 12.8 Å². The molecule has 3 aromatic rings. The zero-order chi connectivity index (χ0) is 16.8. The van der Waals surface area contributed by atoms with Gasteiger partial charge in [0.15, 0.2) is 5.96 Å². The molecular weight excluding hydrogens is 298 g/mol. The van der Waals surface area contributed by atoms with Gasteiger partial charge in [-0.25, -0.2) is 4.98 Å². The third kappa shape index (κ3) is 4.13. The Kier molecular flexibility index (Phi) is 5.11. The molecule has 3 N–H and O–H groups in total. The molecule has 0 atom stereocenters. The Bertz CT molecular complexity index is 820. The number of nitrogens with one attached hydrogen (secondary N) is 1. The monoisotopic (exact) mass is 321 g/mol. The first kappa shape index (κ1) is 16.1. The molecule has 2 heterocycles. The van der Waals surface area contributed by atoms with Gasteiger partial charge in [0.2, 0.25) is 0 Å². The van der Waals surface area contributed by atoms with Crippen molar-refractivity contribution in [3.05, 3.63) is 71.7 Å². The summed E-state index contributed by atoms with van der Waals surface area (Å²) in [6.07, 6.45) is 5.78. The van der Waals surface area contributed by atoms with Crippen molar-refractivity contribution in [1.29, 1.82) is 0 Å². The summed E-state index contributed by atoms with van der Waals surface area (Å²) in [6.45, 7) is 3.49. The second-order valence-electron chi connectivity index (χ2n) is 5.83. The Morgan fingerprint density at radius 2 is 2.00 bits per heavy atom. The minimum absolute atomic E-state index is 0.492. The van der Waals surface area contributed by atoms with Gasteiger partial charge in [0, 0.05) is 31.9 Å². The van der Waals surface area contributed by atoms with E-state index in [-0.39, 0.29) is 0 Å². The maximum Gasteiger partial charge on any atom is 0.188 e. The van der Waals surface area contributed by atoms with Crippen LogP contribution in [0.4, 0.5) is 0 Å². The Morgan fingerprint density at radius 3 is 2.79 bits per heavy atom. The number of imidazole rings is 1. The largest absolute Gasteiger partial charge is 0.370 e. The standard InChI is InChI=1S/C19H23N5/c1-15-6-5-13-24-14-17(23-18(15)24)10-12-22-19(20)21-11-9-16-7-3-2-4-8-16/h2-8,13-14H,9-12H2,1H3,(H3,20,21,22). The number of aliphatic imine (C=N–C) groups is 1. The highest BCUT2D eigenvalue weighted by atomic mass is 15.1. The first-order chi connectivity index (χ1) is 11.7. The van der Waals surface area contributed by atoms with Gasteiger partial charge in [0.25, 0.3) is 0 Å².